The van der Waals surface area contributed by atoms with Crippen LogP contribution < -0.4 is 16.0 Å². The van der Waals surface area contributed by atoms with Gasteiger partial charge < -0.3 is 15.5 Å². The van der Waals surface area contributed by atoms with Crippen LogP contribution >= 0.6 is 15.9 Å². The number of aromatic amines is 1. The fraction of sp³-hybridized carbons (Fsp3) is 0.286. The number of nitrogens with one attached hydrogen (secondary N) is 1. The average Bonchev–Trinajstić information content (AvgIpc) is 2.40. The monoisotopic (exact) mass is 337 g/mol. The van der Waals surface area contributed by atoms with E-state index in [4.69, 9.17) is 10.5 Å². The Bertz CT molecular complexity index is 668. The molecule has 0 bridgehead atoms. The Morgan fingerprint density at radius 3 is 2.80 bits per heavy atom. The maximum absolute atomic E-state index is 11.6. The summed E-state index contributed by atoms with van der Waals surface area (Å²) in [7, 11) is 0. The SMILES string of the molecule is CC(C)c1nc(Oc2ccc(Br)cc2CN)cc(=O)[nH]1. The molecule has 2 aromatic rings. The highest BCUT2D eigenvalue weighted by Crippen LogP contribution is 2.26. The van der Waals surface area contributed by atoms with Gasteiger partial charge in [0, 0.05) is 22.5 Å². The molecule has 0 saturated carbocycles. The lowest BCUT2D eigenvalue weighted by Gasteiger charge is -2.11. The van der Waals surface area contributed by atoms with Gasteiger partial charge in [0.05, 0.1) is 6.07 Å². The minimum Gasteiger partial charge on any atom is -0.438 e. The van der Waals surface area contributed by atoms with Gasteiger partial charge in [0.1, 0.15) is 11.6 Å². The number of rotatable bonds is 4. The molecule has 0 amide bonds. The van der Waals surface area contributed by atoms with E-state index in [1.807, 2.05) is 26.0 Å². The van der Waals surface area contributed by atoms with Crippen LogP contribution in [0, 0.1) is 0 Å². The van der Waals surface area contributed by atoms with Crippen LogP contribution in [-0.2, 0) is 6.54 Å². The fourth-order valence-electron chi connectivity index (χ4n) is 1.70. The third-order valence-corrected chi connectivity index (χ3v) is 3.23. The lowest BCUT2D eigenvalue weighted by atomic mass is 10.2. The third-order valence-electron chi connectivity index (χ3n) is 2.74. The van der Waals surface area contributed by atoms with Crippen molar-refractivity contribution in [2.24, 2.45) is 5.73 Å². The molecular weight excluding hydrogens is 322 g/mol. The van der Waals surface area contributed by atoms with Gasteiger partial charge in [-0.05, 0) is 18.2 Å². The van der Waals surface area contributed by atoms with E-state index in [0.717, 1.165) is 10.0 Å². The van der Waals surface area contributed by atoms with Crippen molar-refractivity contribution in [1.82, 2.24) is 9.97 Å². The van der Waals surface area contributed by atoms with Gasteiger partial charge in [0.25, 0.3) is 5.56 Å². The minimum atomic E-state index is -0.231. The van der Waals surface area contributed by atoms with Crippen molar-refractivity contribution in [2.75, 3.05) is 0 Å². The molecule has 0 radical (unpaired) electrons. The molecule has 106 valence electrons. The second kappa shape index (κ2) is 6.19. The standard InChI is InChI=1S/C14H16BrN3O2/c1-8(2)14-17-12(19)6-13(18-14)20-11-4-3-10(15)5-9(11)7-16/h3-6,8H,7,16H2,1-2H3,(H,17,18,19). The summed E-state index contributed by atoms with van der Waals surface area (Å²) in [4.78, 5) is 18.6. The first kappa shape index (κ1) is 14.7. The predicted octanol–water partition coefficient (Wildman–Crippen LogP) is 2.91. The molecule has 1 aromatic heterocycles. The lowest BCUT2D eigenvalue weighted by Crippen LogP contribution is -2.12. The van der Waals surface area contributed by atoms with Gasteiger partial charge in [0.15, 0.2) is 0 Å². The topological polar surface area (TPSA) is 81.0 Å². The Hall–Kier alpha value is -1.66. The van der Waals surface area contributed by atoms with Crippen LogP contribution in [-0.4, -0.2) is 9.97 Å². The maximum atomic E-state index is 11.6. The quantitative estimate of drug-likeness (QED) is 0.898. The Morgan fingerprint density at radius 2 is 2.15 bits per heavy atom. The van der Waals surface area contributed by atoms with E-state index < -0.39 is 0 Å². The van der Waals surface area contributed by atoms with Gasteiger partial charge in [-0.25, -0.2) is 0 Å². The molecule has 20 heavy (non-hydrogen) atoms. The van der Waals surface area contributed by atoms with Crippen molar-refractivity contribution in [3.05, 3.63) is 50.5 Å². The van der Waals surface area contributed by atoms with E-state index in [9.17, 15) is 4.79 Å². The van der Waals surface area contributed by atoms with Crippen LogP contribution in [0.3, 0.4) is 0 Å². The zero-order valence-electron chi connectivity index (χ0n) is 11.3. The average molecular weight is 338 g/mol. The first-order chi connectivity index (χ1) is 9.49. The van der Waals surface area contributed by atoms with Crippen molar-refractivity contribution in [2.45, 2.75) is 26.3 Å². The van der Waals surface area contributed by atoms with Crippen LogP contribution in [0.25, 0.3) is 0 Å². The van der Waals surface area contributed by atoms with Crippen molar-refractivity contribution in [3.8, 4) is 11.6 Å². The summed E-state index contributed by atoms with van der Waals surface area (Å²) in [5.41, 5.74) is 6.30. The number of nitrogens with zero attached hydrogens (tertiary/aromatic N) is 1. The first-order valence-electron chi connectivity index (χ1n) is 6.27. The number of nitrogens with two attached hydrogens (primary N) is 1. The summed E-state index contributed by atoms with van der Waals surface area (Å²) in [6, 6.07) is 6.86. The van der Waals surface area contributed by atoms with Crippen LogP contribution in [0.4, 0.5) is 0 Å². The smallest absolute Gasteiger partial charge is 0.254 e. The molecule has 0 spiro atoms. The number of halogens is 1. The van der Waals surface area contributed by atoms with E-state index in [-0.39, 0.29) is 17.4 Å². The molecule has 6 heteroatoms. The first-order valence-corrected chi connectivity index (χ1v) is 7.06. The van der Waals surface area contributed by atoms with Crippen LogP contribution in [0.15, 0.2) is 33.5 Å². The summed E-state index contributed by atoms with van der Waals surface area (Å²) >= 11 is 3.38. The maximum Gasteiger partial charge on any atom is 0.254 e. The van der Waals surface area contributed by atoms with Crippen molar-refractivity contribution in [1.29, 1.82) is 0 Å². The fourth-order valence-corrected chi connectivity index (χ4v) is 2.11. The molecule has 0 aliphatic carbocycles. The molecule has 0 unspecified atom stereocenters. The third kappa shape index (κ3) is 3.46. The zero-order chi connectivity index (χ0) is 14.7. The van der Waals surface area contributed by atoms with Crippen LogP contribution in [0.1, 0.15) is 31.2 Å². The highest BCUT2D eigenvalue weighted by Gasteiger charge is 2.09. The van der Waals surface area contributed by atoms with Crippen molar-refractivity contribution < 1.29 is 4.74 Å². The van der Waals surface area contributed by atoms with E-state index in [1.54, 1.807) is 6.07 Å². The predicted molar refractivity (Wildman–Crippen MR) is 81.1 cm³/mol. The van der Waals surface area contributed by atoms with E-state index >= 15 is 0 Å². The molecule has 0 atom stereocenters. The molecule has 0 aliphatic rings. The normalized spacial score (nSPS) is 10.8. The number of ether oxygens (including phenoxy) is 1. The molecule has 1 aromatic carbocycles. The van der Waals surface area contributed by atoms with Gasteiger partial charge in [-0.2, -0.15) is 4.98 Å². The number of hydrogen-bond donors (Lipinski definition) is 2. The molecule has 2 rings (SSSR count). The Morgan fingerprint density at radius 1 is 1.40 bits per heavy atom. The van der Waals surface area contributed by atoms with Gasteiger partial charge in [0.2, 0.25) is 5.88 Å². The minimum absolute atomic E-state index is 0.116. The van der Waals surface area contributed by atoms with E-state index in [2.05, 4.69) is 25.9 Å². The number of aromatic nitrogens is 2. The summed E-state index contributed by atoms with van der Waals surface area (Å²) in [6.45, 7) is 4.25. The van der Waals surface area contributed by atoms with E-state index in [1.165, 1.54) is 6.07 Å². The van der Waals surface area contributed by atoms with Gasteiger partial charge in [-0.3, -0.25) is 4.79 Å². The highest BCUT2D eigenvalue weighted by atomic mass is 79.9. The zero-order valence-corrected chi connectivity index (χ0v) is 12.9. The van der Waals surface area contributed by atoms with Crippen LogP contribution in [0.2, 0.25) is 0 Å². The molecule has 0 fully saturated rings. The van der Waals surface area contributed by atoms with Gasteiger partial charge >= 0.3 is 0 Å². The second-order valence-electron chi connectivity index (χ2n) is 4.68. The molecule has 3 N–H and O–H groups in total. The molecule has 1 heterocycles. The van der Waals surface area contributed by atoms with Gasteiger partial charge in [-0.1, -0.05) is 29.8 Å². The second-order valence-corrected chi connectivity index (χ2v) is 5.60. The number of benzene rings is 1. The largest absolute Gasteiger partial charge is 0.438 e. The Balaban J connectivity index is 2.37. The Labute approximate surface area is 125 Å². The van der Waals surface area contributed by atoms with Crippen LogP contribution in [0.5, 0.6) is 11.6 Å². The highest BCUT2D eigenvalue weighted by molar-refractivity contribution is 9.10. The molecule has 0 aliphatic heterocycles. The Kier molecular flexibility index (Phi) is 4.57. The lowest BCUT2D eigenvalue weighted by molar-refractivity contribution is 0.450. The number of hydrogen-bond acceptors (Lipinski definition) is 4. The summed E-state index contributed by atoms with van der Waals surface area (Å²) < 4.78 is 6.62. The number of H-pyrrole nitrogens is 1. The summed E-state index contributed by atoms with van der Waals surface area (Å²) in [5.74, 6) is 1.59. The van der Waals surface area contributed by atoms with Gasteiger partial charge in [-0.15, -0.1) is 0 Å². The van der Waals surface area contributed by atoms with E-state index in [0.29, 0.717) is 18.1 Å². The van der Waals surface area contributed by atoms with Crippen molar-refractivity contribution >= 4 is 15.9 Å². The molecule has 0 saturated heterocycles. The molecule has 5 nitrogen and oxygen atoms in total. The molecular formula is C14H16BrN3O2. The van der Waals surface area contributed by atoms with Crippen molar-refractivity contribution in [3.63, 3.8) is 0 Å². The summed E-state index contributed by atoms with van der Waals surface area (Å²) in [6.07, 6.45) is 0. The summed E-state index contributed by atoms with van der Waals surface area (Å²) in [5, 5.41) is 0.